The maximum atomic E-state index is 12.9. The molecule has 7 heteroatoms. The number of carbonyl (C=O) groups is 1. The molecule has 0 atom stereocenters. The highest BCUT2D eigenvalue weighted by molar-refractivity contribution is 5.92. The fourth-order valence-corrected chi connectivity index (χ4v) is 2.05. The van der Waals surface area contributed by atoms with Crippen molar-refractivity contribution < 1.29 is 13.7 Å². The second-order valence-electron chi connectivity index (χ2n) is 4.94. The molecule has 0 aliphatic heterocycles. The molecular weight excluding hydrogens is 299 g/mol. The van der Waals surface area contributed by atoms with Crippen molar-refractivity contribution in [1.82, 2.24) is 20.0 Å². The first-order valence-corrected chi connectivity index (χ1v) is 6.86. The number of halogens is 1. The van der Waals surface area contributed by atoms with Gasteiger partial charge >= 0.3 is 0 Å². The number of carbonyl (C=O) groups excluding carboxylic acids is 1. The summed E-state index contributed by atoms with van der Waals surface area (Å²) in [4.78, 5) is 21.9. The predicted molar refractivity (Wildman–Crippen MR) is 79.7 cm³/mol. The predicted octanol–water partition coefficient (Wildman–Crippen LogP) is 2.54. The molecule has 0 radical (unpaired) electrons. The Hall–Kier alpha value is -3.09. The zero-order valence-electron chi connectivity index (χ0n) is 12.3. The van der Waals surface area contributed by atoms with Gasteiger partial charge in [0.25, 0.3) is 5.91 Å². The van der Waals surface area contributed by atoms with Crippen LogP contribution in [0.2, 0.25) is 0 Å². The molecule has 1 amide bonds. The minimum atomic E-state index is -0.340. The van der Waals surface area contributed by atoms with Gasteiger partial charge in [0.15, 0.2) is 11.5 Å². The Morgan fingerprint density at radius 3 is 2.74 bits per heavy atom. The fraction of sp³-hybridized carbons (Fsp3) is 0.125. The topological polar surface area (TPSA) is 72.1 Å². The molecule has 0 saturated heterocycles. The lowest BCUT2D eigenvalue weighted by Gasteiger charge is -2.14. The van der Waals surface area contributed by atoms with Crippen molar-refractivity contribution in [3.05, 3.63) is 66.1 Å². The third-order valence-electron chi connectivity index (χ3n) is 3.22. The van der Waals surface area contributed by atoms with E-state index >= 15 is 0 Å². The van der Waals surface area contributed by atoms with E-state index in [1.54, 1.807) is 37.8 Å². The van der Waals surface area contributed by atoms with E-state index in [1.807, 2.05) is 0 Å². The molecule has 0 aliphatic rings. The lowest BCUT2D eigenvalue weighted by Crippen LogP contribution is -2.26. The van der Waals surface area contributed by atoms with E-state index in [1.165, 1.54) is 23.1 Å². The molecule has 116 valence electrons. The molecule has 6 nitrogen and oxygen atoms in total. The normalized spacial score (nSPS) is 10.5. The zero-order valence-corrected chi connectivity index (χ0v) is 12.3. The summed E-state index contributed by atoms with van der Waals surface area (Å²) in [5.74, 6) is -0.234. The number of nitrogens with zero attached hydrogens (tertiary/aromatic N) is 4. The number of benzene rings is 1. The van der Waals surface area contributed by atoms with Crippen LogP contribution in [-0.2, 0) is 6.54 Å². The Morgan fingerprint density at radius 2 is 2.04 bits per heavy atom. The lowest BCUT2D eigenvalue weighted by molar-refractivity contribution is 0.0773. The molecule has 0 saturated carbocycles. The van der Waals surface area contributed by atoms with Gasteiger partial charge < -0.3 is 9.42 Å². The summed E-state index contributed by atoms with van der Waals surface area (Å²) < 4.78 is 18.1. The highest BCUT2D eigenvalue weighted by Gasteiger charge is 2.18. The van der Waals surface area contributed by atoms with Crippen LogP contribution >= 0.6 is 0 Å². The average Bonchev–Trinajstić information content (AvgIpc) is 3.05. The molecule has 3 rings (SSSR count). The first-order chi connectivity index (χ1) is 11.1. The third-order valence-corrected chi connectivity index (χ3v) is 3.22. The smallest absolute Gasteiger partial charge is 0.276 e. The van der Waals surface area contributed by atoms with E-state index in [0.717, 1.165) is 0 Å². The van der Waals surface area contributed by atoms with E-state index < -0.39 is 0 Å². The molecule has 1 aromatic carbocycles. The van der Waals surface area contributed by atoms with Crippen molar-refractivity contribution in [2.24, 2.45) is 0 Å². The molecule has 0 spiro atoms. The van der Waals surface area contributed by atoms with Crippen LogP contribution in [0, 0.1) is 5.82 Å². The van der Waals surface area contributed by atoms with Crippen LogP contribution in [0.3, 0.4) is 0 Å². The first kappa shape index (κ1) is 14.8. The van der Waals surface area contributed by atoms with Gasteiger partial charge in [-0.25, -0.2) is 4.39 Å². The van der Waals surface area contributed by atoms with E-state index in [4.69, 9.17) is 4.52 Å². The van der Waals surface area contributed by atoms with Gasteiger partial charge in [0.2, 0.25) is 0 Å². The summed E-state index contributed by atoms with van der Waals surface area (Å²) in [5, 5.41) is 3.78. The Morgan fingerprint density at radius 1 is 1.26 bits per heavy atom. The van der Waals surface area contributed by atoms with Crippen LogP contribution in [0.1, 0.15) is 16.2 Å². The Bertz CT molecular complexity index is 802. The fourth-order valence-electron chi connectivity index (χ4n) is 2.05. The van der Waals surface area contributed by atoms with Gasteiger partial charge in [-0.3, -0.25) is 14.8 Å². The SMILES string of the molecule is CN(Cc1cnccn1)C(=O)c1cc(-c2ccc(F)cc2)on1. The number of amides is 1. The minimum Gasteiger partial charge on any atom is -0.355 e. The largest absolute Gasteiger partial charge is 0.355 e. The molecule has 0 bridgehead atoms. The minimum absolute atomic E-state index is 0.177. The maximum Gasteiger partial charge on any atom is 0.276 e. The van der Waals surface area contributed by atoms with E-state index in [-0.39, 0.29) is 17.4 Å². The van der Waals surface area contributed by atoms with Crippen LogP contribution in [0.25, 0.3) is 11.3 Å². The lowest BCUT2D eigenvalue weighted by atomic mass is 10.1. The first-order valence-electron chi connectivity index (χ1n) is 6.86. The van der Waals surface area contributed by atoms with Gasteiger partial charge in [0.1, 0.15) is 5.82 Å². The van der Waals surface area contributed by atoms with E-state index in [2.05, 4.69) is 15.1 Å². The maximum absolute atomic E-state index is 12.9. The monoisotopic (exact) mass is 312 g/mol. The summed E-state index contributed by atoms with van der Waals surface area (Å²) in [6.07, 6.45) is 4.73. The van der Waals surface area contributed by atoms with Crippen molar-refractivity contribution in [2.75, 3.05) is 7.05 Å². The molecular formula is C16H13FN4O2. The summed E-state index contributed by atoms with van der Waals surface area (Å²) >= 11 is 0. The van der Waals surface area contributed by atoms with E-state index in [0.29, 0.717) is 23.6 Å². The number of aromatic nitrogens is 3. The average molecular weight is 312 g/mol. The van der Waals surface area contributed by atoms with Crippen LogP contribution in [0.4, 0.5) is 4.39 Å². The number of hydrogen-bond donors (Lipinski definition) is 0. The van der Waals surface area contributed by atoms with Crippen molar-refractivity contribution in [3.63, 3.8) is 0 Å². The van der Waals surface area contributed by atoms with Crippen LogP contribution in [0.15, 0.2) is 53.4 Å². The quantitative estimate of drug-likeness (QED) is 0.740. The van der Waals surface area contributed by atoms with Crippen molar-refractivity contribution in [3.8, 4) is 11.3 Å². The van der Waals surface area contributed by atoms with Gasteiger partial charge in [-0.05, 0) is 24.3 Å². The van der Waals surface area contributed by atoms with Gasteiger partial charge in [-0.2, -0.15) is 0 Å². The third kappa shape index (κ3) is 3.39. The van der Waals surface area contributed by atoms with Crippen molar-refractivity contribution in [1.29, 1.82) is 0 Å². The van der Waals surface area contributed by atoms with E-state index in [9.17, 15) is 9.18 Å². The summed E-state index contributed by atoms with van der Waals surface area (Å²) in [6.45, 7) is 0.311. The molecule has 0 N–H and O–H groups in total. The highest BCUT2D eigenvalue weighted by atomic mass is 19.1. The molecule has 0 aliphatic carbocycles. The molecule has 2 aromatic heterocycles. The van der Waals surface area contributed by atoms with Gasteiger partial charge in [0.05, 0.1) is 18.4 Å². The van der Waals surface area contributed by atoms with Gasteiger partial charge in [-0.15, -0.1) is 0 Å². The Labute approximate surface area is 131 Å². The molecule has 0 unspecified atom stereocenters. The highest BCUT2D eigenvalue weighted by Crippen LogP contribution is 2.21. The molecule has 0 fully saturated rings. The Kier molecular flexibility index (Phi) is 4.09. The van der Waals surface area contributed by atoms with Crippen molar-refractivity contribution in [2.45, 2.75) is 6.54 Å². The van der Waals surface area contributed by atoms with Crippen LogP contribution in [-0.4, -0.2) is 33.0 Å². The standard InChI is InChI=1S/C16H13FN4O2/c1-21(10-13-9-18-6-7-19-13)16(22)14-8-15(23-20-14)11-2-4-12(17)5-3-11/h2-9H,10H2,1H3. The van der Waals surface area contributed by atoms with Crippen molar-refractivity contribution >= 4 is 5.91 Å². The molecule has 3 aromatic rings. The summed E-state index contributed by atoms with van der Waals surface area (Å²) in [7, 11) is 1.64. The summed E-state index contributed by atoms with van der Waals surface area (Å²) in [5.41, 5.74) is 1.50. The summed E-state index contributed by atoms with van der Waals surface area (Å²) in [6, 6.07) is 7.29. The molecule has 23 heavy (non-hydrogen) atoms. The zero-order chi connectivity index (χ0) is 16.2. The molecule has 2 heterocycles. The van der Waals surface area contributed by atoms with Crippen LogP contribution < -0.4 is 0 Å². The number of rotatable bonds is 4. The Balaban J connectivity index is 1.74. The number of hydrogen-bond acceptors (Lipinski definition) is 5. The second-order valence-corrected chi connectivity index (χ2v) is 4.94. The van der Waals surface area contributed by atoms with Crippen LogP contribution in [0.5, 0.6) is 0 Å². The second kappa shape index (κ2) is 6.35. The van der Waals surface area contributed by atoms with Gasteiger partial charge in [-0.1, -0.05) is 5.16 Å². The van der Waals surface area contributed by atoms with Gasteiger partial charge in [0, 0.05) is 31.1 Å².